The van der Waals surface area contributed by atoms with Crippen molar-refractivity contribution in [1.29, 1.82) is 0 Å². The molecule has 6 heteroatoms. The van der Waals surface area contributed by atoms with Crippen molar-refractivity contribution in [2.45, 2.75) is 25.5 Å². The molecule has 28 heavy (non-hydrogen) atoms. The van der Waals surface area contributed by atoms with Gasteiger partial charge < -0.3 is 23.8 Å². The van der Waals surface area contributed by atoms with Crippen molar-refractivity contribution < 1.29 is 23.7 Å². The van der Waals surface area contributed by atoms with Gasteiger partial charge in [-0.1, -0.05) is 24.3 Å². The van der Waals surface area contributed by atoms with Crippen molar-refractivity contribution in [2.24, 2.45) is 0 Å². The van der Waals surface area contributed by atoms with Gasteiger partial charge in [0.05, 0.1) is 25.9 Å². The highest BCUT2D eigenvalue weighted by molar-refractivity contribution is 5.96. The average Bonchev–Trinajstić information content (AvgIpc) is 3.25. The van der Waals surface area contributed by atoms with Crippen LogP contribution in [0, 0.1) is 0 Å². The highest BCUT2D eigenvalue weighted by Gasteiger charge is 2.21. The molecule has 1 atom stereocenters. The standard InChI is InChI=1S/C22H27NO5/c1-23(14-16-8-6-12-20(25-2)21(16)26-3)22(24)18-10-4-5-11-19(18)28-15-17-9-7-13-27-17/h4-6,8,10-12,17H,7,9,13-15H2,1-3H3. The molecule has 1 fully saturated rings. The van der Waals surface area contributed by atoms with Crippen molar-refractivity contribution in [2.75, 3.05) is 34.5 Å². The van der Waals surface area contributed by atoms with Crippen molar-refractivity contribution >= 4 is 5.91 Å². The molecule has 1 aliphatic rings. The predicted molar refractivity (Wildman–Crippen MR) is 106 cm³/mol. The fourth-order valence-corrected chi connectivity index (χ4v) is 3.34. The topological polar surface area (TPSA) is 57.2 Å². The highest BCUT2D eigenvalue weighted by atomic mass is 16.5. The van der Waals surface area contributed by atoms with Gasteiger partial charge in [0.2, 0.25) is 0 Å². The molecule has 150 valence electrons. The molecule has 0 aromatic heterocycles. The number of rotatable bonds is 8. The minimum Gasteiger partial charge on any atom is -0.493 e. The summed E-state index contributed by atoms with van der Waals surface area (Å²) in [6.45, 7) is 1.62. The van der Waals surface area contributed by atoms with E-state index in [1.54, 1.807) is 32.2 Å². The van der Waals surface area contributed by atoms with E-state index in [2.05, 4.69) is 0 Å². The summed E-state index contributed by atoms with van der Waals surface area (Å²) in [5, 5.41) is 0. The third kappa shape index (κ3) is 4.57. The summed E-state index contributed by atoms with van der Waals surface area (Å²) in [5.41, 5.74) is 1.40. The maximum Gasteiger partial charge on any atom is 0.257 e. The van der Waals surface area contributed by atoms with Crippen LogP contribution < -0.4 is 14.2 Å². The van der Waals surface area contributed by atoms with Gasteiger partial charge in [0.15, 0.2) is 11.5 Å². The van der Waals surface area contributed by atoms with Gasteiger partial charge >= 0.3 is 0 Å². The molecular formula is C22H27NO5. The van der Waals surface area contributed by atoms with Gasteiger partial charge in [0.1, 0.15) is 12.4 Å². The van der Waals surface area contributed by atoms with E-state index in [4.69, 9.17) is 18.9 Å². The van der Waals surface area contributed by atoms with Crippen molar-refractivity contribution in [1.82, 2.24) is 4.90 Å². The molecule has 2 aromatic rings. The summed E-state index contributed by atoms with van der Waals surface area (Å²) in [6, 6.07) is 12.9. The Bertz CT molecular complexity index is 801. The Morgan fingerprint density at radius 3 is 2.61 bits per heavy atom. The third-order valence-corrected chi connectivity index (χ3v) is 4.80. The highest BCUT2D eigenvalue weighted by Crippen LogP contribution is 2.32. The Hall–Kier alpha value is -2.73. The van der Waals surface area contributed by atoms with E-state index >= 15 is 0 Å². The second-order valence-electron chi connectivity index (χ2n) is 6.76. The zero-order valence-electron chi connectivity index (χ0n) is 16.6. The summed E-state index contributed by atoms with van der Waals surface area (Å²) in [7, 11) is 4.95. The normalized spacial score (nSPS) is 15.9. The summed E-state index contributed by atoms with van der Waals surface area (Å²) in [6.07, 6.45) is 2.15. The van der Waals surface area contributed by atoms with Crippen LogP contribution in [-0.4, -0.2) is 51.4 Å². The lowest BCUT2D eigenvalue weighted by molar-refractivity contribution is 0.0656. The Kier molecular flexibility index (Phi) is 6.76. The summed E-state index contributed by atoms with van der Waals surface area (Å²) in [4.78, 5) is 14.7. The molecular weight excluding hydrogens is 358 g/mol. The molecule has 2 aromatic carbocycles. The lowest BCUT2D eigenvalue weighted by atomic mass is 10.1. The van der Waals surface area contributed by atoms with E-state index in [9.17, 15) is 4.79 Å². The number of amides is 1. The van der Waals surface area contributed by atoms with Gasteiger partial charge in [0, 0.05) is 25.8 Å². The number of methoxy groups -OCH3 is 2. The molecule has 6 nitrogen and oxygen atoms in total. The van der Waals surface area contributed by atoms with Gasteiger partial charge in [-0.3, -0.25) is 4.79 Å². The number of carbonyl (C=O) groups excluding carboxylic acids is 1. The number of hydrogen-bond donors (Lipinski definition) is 0. The van der Waals surface area contributed by atoms with E-state index in [1.807, 2.05) is 36.4 Å². The van der Waals surface area contributed by atoms with Gasteiger partial charge in [-0.2, -0.15) is 0 Å². The molecule has 1 unspecified atom stereocenters. The van der Waals surface area contributed by atoms with Crippen molar-refractivity contribution in [3.05, 3.63) is 53.6 Å². The van der Waals surface area contributed by atoms with Crippen molar-refractivity contribution in [3.63, 3.8) is 0 Å². The van der Waals surface area contributed by atoms with Gasteiger partial charge in [-0.15, -0.1) is 0 Å². The van der Waals surface area contributed by atoms with Crippen LogP contribution in [0.3, 0.4) is 0 Å². The Morgan fingerprint density at radius 2 is 1.89 bits per heavy atom. The first-order valence-corrected chi connectivity index (χ1v) is 9.42. The van der Waals surface area contributed by atoms with Crippen LogP contribution in [-0.2, 0) is 11.3 Å². The molecule has 0 aliphatic carbocycles. The molecule has 0 saturated carbocycles. The molecule has 3 rings (SSSR count). The number of para-hydroxylation sites is 2. The number of ether oxygens (including phenoxy) is 4. The zero-order chi connectivity index (χ0) is 19.9. The average molecular weight is 385 g/mol. The number of carbonyl (C=O) groups is 1. The van der Waals surface area contributed by atoms with E-state index < -0.39 is 0 Å². The van der Waals surface area contributed by atoms with Gasteiger partial charge in [-0.05, 0) is 31.0 Å². The number of nitrogens with zero attached hydrogens (tertiary/aromatic N) is 1. The minimum atomic E-state index is -0.118. The maximum absolute atomic E-state index is 13.1. The third-order valence-electron chi connectivity index (χ3n) is 4.80. The first-order chi connectivity index (χ1) is 13.6. The molecule has 0 bridgehead atoms. The van der Waals surface area contributed by atoms with E-state index in [1.165, 1.54) is 0 Å². The fourth-order valence-electron chi connectivity index (χ4n) is 3.34. The summed E-state index contributed by atoms with van der Waals surface area (Å²) in [5.74, 6) is 1.73. The first kappa shape index (κ1) is 20.0. The lowest BCUT2D eigenvalue weighted by Crippen LogP contribution is -2.27. The van der Waals surface area contributed by atoms with E-state index in [0.717, 1.165) is 25.0 Å². The van der Waals surface area contributed by atoms with Crippen LogP contribution in [0.25, 0.3) is 0 Å². The molecule has 0 spiro atoms. The molecule has 1 saturated heterocycles. The first-order valence-electron chi connectivity index (χ1n) is 9.42. The summed E-state index contributed by atoms with van der Waals surface area (Å²) < 4.78 is 22.3. The van der Waals surface area contributed by atoms with Crippen LogP contribution in [0.4, 0.5) is 0 Å². The summed E-state index contributed by atoms with van der Waals surface area (Å²) >= 11 is 0. The van der Waals surface area contributed by atoms with Crippen LogP contribution in [0.15, 0.2) is 42.5 Å². The lowest BCUT2D eigenvalue weighted by Gasteiger charge is -2.21. The van der Waals surface area contributed by atoms with Gasteiger partial charge in [-0.25, -0.2) is 0 Å². The fraction of sp³-hybridized carbons (Fsp3) is 0.409. The quantitative estimate of drug-likeness (QED) is 0.696. The number of benzene rings is 2. The Labute approximate surface area is 166 Å². The largest absolute Gasteiger partial charge is 0.493 e. The maximum atomic E-state index is 13.1. The van der Waals surface area contributed by atoms with Crippen LogP contribution >= 0.6 is 0 Å². The Balaban J connectivity index is 1.73. The second kappa shape index (κ2) is 9.46. The second-order valence-corrected chi connectivity index (χ2v) is 6.76. The molecule has 1 aliphatic heterocycles. The van der Waals surface area contributed by atoms with Gasteiger partial charge in [0.25, 0.3) is 5.91 Å². The molecule has 1 amide bonds. The smallest absolute Gasteiger partial charge is 0.257 e. The molecule has 0 N–H and O–H groups in total. The van der Waals surface area contributed by atoms with Crippen LogP contribution in [0.5, 0.6) is 17.2 Å². The zero-order valence-corrected chi connectivity index (χ0v) is 16.6. The monoisotopic (exact) mass is 385 g/mol. The minimum absolute atomic E-state index is 0.0990. The molecule has 1 heterocycles. The molecule has 0 radical (unpaired) electrons. The predicted octanol–water partition coefficient (Wildman–Crippen LogP) is 3.53. The van der Waals surface area contributed by atoms with E-state index in [-0.39, 0.29) is 12.0 Å². The number of hydrogen-bond acceptors (Lipinski definition) is 5. The van der Waals surface area contributed by atoms with Crippen molar-refractivity contribution in [3.8, 4) is 17.2 Å². The van der Waals surface area contributed by atoms with E-state index in [0.29, 0.717) is 36.0 Å². The Morgan fingerprint density at radius 1 is 1.11 bits per heavy atom. The SMILES string of the molecule is COc1cccc(CN(C)C(=O)c2ccccc2OCC2CCCO2)c1OC. The van der Waals surface area contributed by atoms with Crippen LogP contribution in [0.1, 0.15) is 28.8 Å². The van der Waals surface area contributed by atoms with Crippen LogP contribution in [0.2, 0.25) is 0 Å².